The van der Waals surface area contributed by atoms with Gasteiger partial charge in [-0.25, -0.2) is 4.79 Å². The number of benzene rings is 2. The van der Waals surface area contributed by atoms with Crippen LogP contribution in [0.2, 0.25) is 0 Å². The van der Waals surface area contributed by atoms with Gasteiger partial charge < -0.3 is 4.74 Å². The Kier molecular flexibility index (Phi) is 10.2. The standard InChI is InChI=1S/C27H34O4/c1-4-25(28)24(26(29)5-2)14-9-7-6-8-12-21-15-17-22(18-16-21)27(30)31-23-13-10-11-20(3)19-23/h10-11,13,15-19,24H,4-9,12,14H2,1-3H3. The van der Waals surface area contributed by atoms with E-state index in [1.165, 1.54) is 5.56 Å². The lowest BCUT2D eigenvalue weighted by Crippen LogP contribution is -2.22. The van der Waals surface area contributed by atoms with Gasteiger partial charge in [0.25, 0.3) is 0 Å². The van der Waals surface area contributed by atoms with Gasteiger partial charge in [0.1, 0.15) is 17.3 Å². The lowest BCUT2D eigenvalue weighted by Gasteiger charge is -2.12. The number of esters is 1. The van der Waals surface area contributed by atoms with Crippen molar-refractivity contribution in [3.05, 3.63) is 65.2 Å². The Bertz CT molecular complexity index is 851. The maximum Gasteiger partial charge on any atom is 0.343 e. The number of unbranched alkanes of at least 4 members (excludes halogenated alkanes) is 3. The van der Waals surface area contributed by atoms with Crippen molar-refractivity contribution < 1.29 is 19.1 Å². The number of hydrogen-bond acceptors (Lipinski definition) is 4. The van der Waals surface area contributed by atoms with Crippen molar-refractivity contribution in [1.82, 2.24) is 0 Å². The summed E-state index contributed by atoms with van der Waals surface area (Å²) in [6.07, 6.45) is 6.52. The molecule has 0 saturated heterocycles. The van der Waals surface area contributed by atoms with Crippen molar-refractivity contribution in [2.75, 3.05) is 0 Å². The first-order valence-corrected chi connectivity index (χ1v) is 11.4. The molecule has 0 aliphatic heterocycles. The van der Waals surface area contributed by atoms with E-state index in [1.807, 2.05) is 63.2 Å². The fourth-order valence-electron chi connectivity index (χ4n) is 3.68. The van der Waals surface area contributed by atoms with Crippen LogP contribution in [0.4, 0.5) is 0 Å². The highest BCUT2D eigenvalue weighted by Gasteiger charge is 2.22. The Hall–Kier alpha value is -2.75. The molecule has 0 spiro atoms. The van der Waals surface area contributed by atoms with E-state index >= 15 is 0 Å². The minimum Gasteiger partial charge on any atom is -0.423 e. The molecule has 0 aliphatic carbocycles. The summed E-state index contributed by atoms with van der Waals surface area (Å²) in [5, 5.41) is 0. The number of hydrogen-bond donors (Lipinski definition) is 0. The van der Waals surface area contributed by atoms with Gasteiger partial charge in [-0.3, -0.25) is 9.59 Å². The maximum atomic E-state index is 12.3. The monoisotopic (exact) mass is 422 g/mol. The van der Waals surface area contributed by atoms with Crippen LogP contribution in [-0.2, 0) is 16.0 Å². The number of rotatable bonds is 13. The third kappa shape index (κ3) is 8.12. The van der Waals surface area contributed by atoms with Crippen LogP contribution in [0.5, 0.6) is 5.75 Å². The summed E-state index contributed by atoms with van der Waals surface area (Å²) in [5.41, 5.74) is 2.77. The molecule has 2 aromatic carbocycles. The van der Waals surface area contributed by atoms with Crippen LogP contribution >= 0.6 is 0 Å². The van der Waals surface area contributed by atoms with Crippen molar-refractivity contribution in [3.8, 4) is 5.75 Å². The highest BCUT2D eigenvalue weighted by molar-refractivity contribution is 6.02. The van der Waals surface area contributed by atoms with E-state index in [0.29, 0.717) is 30.6 Å². The normalized spacial score (nSPS) is 10.8. The molecule has 4 heteroatoms. The van der Waals surface area contributed by atoms with Gasteiger partial charge in [0, 0.05) is 12.8 Å². The van der Waals surface area contributed by atoms with Gasteiger partial charge in [-0.2, -0.15) is 0 Å². The van der Waals surface area contributed by atoms with Crippen LogP contribution in [0.15, 0.2) is 48.5 Å². The SMILES string of the molecule is CCC(=O)C(CCCCCCc1ccc(C(=O)Oc2cccc(C)c2)cc1)C(=O)CC. The van der Waals surface area contributed by atoms with Crippen molar-refractivity contribution in [3.63, 3.8) is 0 Å². The Balaban J connectivity index is 1.71. The highest BCUT2D eigenvalue weighted by Crippen LogP contribution is 2.18. The van der Waals surface area contributed by atoms with E-state index in [1.54, 1.807) is 6.07 Å². The second kappa shape index (κ2) is 12.8. The zero-order chi connectivity index (χ0) is 22.6. The molecule has 2 rings (SSSR count). The van der Waals surface area contributed by atoms with Crippen LogP contribution in [0, 0.1) is 12.8 Å². The van der Waals surface area contributed by atoms with Gasteiger partial charge in [-0.1, -0.05) is 57.4 Å². The van der Waals surface area contributed by atoms with E-state index in [0.717, 1.165) is 37.7 Å². The summed E-state index contributed by atoms with van der Waals surface area (Å²) < 4.78 is 5.43. The van der Waals surface area contributed by atoms with Gasteiger partial charge in [0.05, 0.1) is 11.5 Å². The highest BCUT2D eigenvalue weighted by atomic mass is 16.5. The number of carbonyl (C=O) groups is 3. The fourth-order valence-corrected chi connectivity index (χ4v) is 3.68. The molecule has 0 aliphatic rings. The van der Waals surface area contributed by atoms with Crippen LogP contribution in [0.1, 0.15) is 80.3 Å². The Morgan fingerprint density at radius 2 is 1.48 bits per heavy atom. The average molecular weight is 423 g/mol. The Morgan fingerprint density at radius 1 is 0.839 bits per heavy atom. The fraction of sp³-hybridized carbons (Fsp3) is 0.444. The van der Waals surface area contributed by atoms with Gasteiger partial charge in [0.2, 0.25) is 0 Å². The number of ether oxygens (including phenoxy) is 1. The zero-order valence-corrected chi connectivity index (χ0v) is 19.0. The second-order valence-corrected chi connectivity index (χ2v) is 8.05. The Labute approximate surface area is 186 Å². The number of aryl methyl sites for hydroxylation is 2. The molecule has 31 heavy (non-hydrogen) atoms. The number of Topliss-reactive ketones (excluding diaryl/α,β-unsaturated/α-hetero) is 2. The minimum atomic E-state index is -0.401. The molecular weight excluding hydrogens is 388 g/mol. The molecule has 0 bridgehead atoms. The molecule has 2 aromatic rings. The molecular formula is C27H34O4. The molecule has 0 N–H and O–H groups in total. The predicted molar refractivity (Wildman–Crippen MR) is 123 cm³/mol. The molecule has 0 aromatic heterocycles. The summed E-state index contributed by atoms with van der Waals surface area (Å²) in [6.45, 7) is 5.61. The smallest absolute Gasteiger partial charge is 0.343 e. The van der Waals surface area contributed by atoms with Crippen LogP contribution in [0.25, 0.3) is 0 Å². The first-order valence-electron chi connectivity index (χ1n) is 11.4. The number of ketones is 2. The molecule has 0 heterocycles. The predicted octanol–water partition coefficient (Wildman–Crippen LogP) is 6.28. The molecule has 166 valence electrons. The van der Waals surface area contributed by atoms with Crippen molar-refractivity contribution in [2.45, 2.75) is 72.1 Å². The average Bonchev–Trinajstić information content (AvgIpc) is 2.78. The van der Waals surface area contributed by atoms with Gasteiger partial charge in [0.15, 0.2) is 0 Å². The third-order valence-corrected chi connectivity index (χ3v) is 5.57. The number of carbonyl (C=O) groups excluding carboxylic acids is 3. The van der Waals surface area contributed by atoms with Gasteiger partial charge >= 0.3 is 5.97 Å². The first-order chi connectivity index (χ1) is 14.9. The quantitative estimate of drug-likeness (QED) is 0.165. The molecule has 0 amide bonds. The van der Waals surface area contributed by atoms with Crippen LogP contribution < -0.4 is 4.74 Å². The van der Waals surface area contributed by atoms with E-state index in [-0.39, 0.29) is 17.5 Å². The van der Waals surface area contributed by atoms with Gasteiger partial charge in [-0.05, 0) is 61.6 Å². The van der Waals surface area contributed by atoms with E-state index in [9.17, 15) is 14.4 Å². The third-order valence-electron chi connectivity index (χ3n) is 5.57. The summed E-state index contributed by atoms with van der Waals surface area (Å²) in [6, 6.07) is 15.0. The second-order valence-electron chi connectivity index (χ2n) is 8.05. The van der Waals surface area contributed by atoms with Crippen LogP contribution in [-0.4, -0.2) is 17.5 Å². The largest absolute Gasteiger partial charge is 0.423 e. The topological polar surface area (TPSA) is 60.4 Å². The lowest BCUT2D eigenvalue weighted by molar-refractivity contribution is -0.132. The zero-order valence-electron chi connectivity index (χ0n) is 19.0. The van der Waals surface area contributed by atoms with Crippen molar-refractivity contribution in [1.29, 1.82) is 0 Å². The molecule has 0 unspecified atom stereocenters. The van der Waals surface area contributed by atoms with E-state index in [4.69, 9.17) is 4.74 Å². The van der Waals surface area contributed by atoms with Crippen molar-refractivity contribution >= 4 is 17.5 Å². The summed E-state index contributed by atoms with van der Waals surface area (Å²) in [4.78, 5) is 36.2. The van der Waals surface area contributed by atoms with Crippen LogP contribution in [0.3, 0.4) is 0 Å². The maximum absolute atomic E-state index is 12.3. The first kappa shape index (κ1) is 24.5. The molecule has 0 radical (unpaired) electrons. The summed E-state index contributed by atoms with van der Waals surface area (Å²) in [7, 11) is 0. The molecule has 0 atom stereocenters. The lowest BCUT2D eigenvalue weighted by atomic mass is 9.90. The minimum absolute atomic E-state index is 0.0767. The van der Waals surface area contributed by atoms with Crippen molar-refractivity contribution in [2.24, 2.45) is 5.92 Å². The summed E-state index contributed by atoms with van der Waals surface area (Å²) in [5.74, 6) is -0.0459. The summed E-state index contributed by atoms with van der Waals surface area (Å²) >= 11 is 0. The molecule has 4 nitrogen and oxygen atoms in total. The molecule has 0 fully saturated rings. The molecule has 0 saturated carbocycles. The Morgan fingerprint density at radius 3 is 2.10 bits per heavy atom. The van der Waals surface area contributed by atoms with Gasteiger partial charge in [-0.15, -0.1) is 0 Å². The van der Waals surface area contributed by atoms with E-state index in [2.05, 4.69) is 0 Å². The van der Waals surface area contributed by atoms with E-state index < -0.39 is 5.92 Å².